The van der Waals surface area contributed by atoms with E-state index in [1.54, 1.807) is 0 Å². The summed E-state index contributed by atoms with van der Waals surface area (Å²) in [6, 6.07) is 16.1. The standard InChI is InChI=1S/C16H12O/c1-2-7-12-13-8-3-5-10-15(13)17-16-11-6-4-9-14(12)16/h2-11H,1H2. The minimum Gasteiger partial charge on any atom is -0.456 e. The molecule has 2 aromatic rings. The molecule has 0 radical (unpaired) electrons. The van der Waals surface area contributed by atoms with Gasteiger partial charge in [0.1, 0.15) is 11.5 Å². The first kappa shape index (κ1) is 9.91. The molecule has 0 saturated carbocycles. The number of rotatable bonds is 1. The fraction of sp³-hybridized carbons (Fsp3) is 0. The van der Waals surface area contributed by atoms with Gasteiger partial charge in [0.25, 0.3) is 0 Å². The van der Waals surface area contributed by atoms with Crippen LogP contribution in [0.3, 0.4) is 0 Å². The Morgan fingerprint density at radius 1 is 0.824 bits per heavy atom. The van der Waals surface area contributed by atoms with Crippen molar-refractivity contribution in [3.05, 3.63) is 78.4 Å². The van der Waals surface area contributed by atoms with Crippen LogP contribution in [0.15, 0.2) is 67.3 Å². The zero-order valence-corrected chi connectivity index (χ0v) is 9.39. The number of benzene rings is 2. The third kappa shape index (κ3) is 1.56. The summed E-state index contributed by atoms with van der Waals surface area (Å²) in [5.74, 6) is 1.80. The number of para-hydroxylation sites is 2. The van der Waals surface area contributed by atoms with Crippen molar-refractivity contribution in [3.63, 3.8) is 0 Å². The van der Waals surface area contributed by atoms with E-state index in [-0.39, 0.29) is 0 Å². The van der Waals surface area contributed by atoms with Crippen LogP contribution in [0.1, 0.15) is 11.1 Å². The molecule has 1 heterocycles. The molecule has 1 heteroatoms. The first-order valence-corrected chi connectivity index (χ1v) is 5.59. The Hall–Kier alpha value is -2.28. The highest BCUT2D eigenvalue weighted by atomic mass is 16.5. The predicted octanol–water partition coefficient (Wildman–Crippen LogP) is 4.41. The van der Waals surface area contributed by atoms with Crippen LogP contribution >= 0.6 is 0 Å². The molecular formula is C16H12O. The van der Waals surface area contributed by atoms with Crippen molar-refractivity contribution in [2.24, 2.45) is 0 Å². The number of ether oxygens (including phenoxy) is 1. The van der Waals surface area contributed by atoms with Crippen LogP contribution in [0, 0.1) is 0 Å². The minimum absolute atomic E-state index is 0.902. The van der Waals surface area contributed by atoms with Gasteiger partial charge in [-0.1, -0.05) is 55.1 Å². The molecule has 1 aliphatic heterocycles. The van der Waals surface area contributed by atoms with Crippen LogP contribution in [0.4, 0.5) is 0 Å². The summed E-state index contributed by atoms with van der Waals surface area (Å²) >= 11 is 0. The van der Waals surface area contributed by atoms with Gasteiger partial charge in [-0.15, -0.1) is 0 Å². The van der Waals surface area contributed by atoms with E-state index < -0.39 is 0 Å². The molecule has 0 spiro atoms. The quantitative estimate of drug-likeness (QED) is 0.590. The first-order valence-electron chi connectivity index (χ1n) is 5.59. The summed E-state index contributed by atoms with van der Waals surface area (Å²) in [4.78, 5) is 0. The van der Waals surface area contributed by atoms with Crippen molar-refractivity contribution in [3.8, 4) is 11.5 Å². The van der Waals surface area contributed by atoms with Gasteiger partial charge in [0.2, 0.25) is 0 Å². The molecule has 0 bridgehead atoms. The smallest absolute Gasteiger partial charge is 0.135 e. The lowest BCUT2D eigenvalue weighted by molar-refractivity contribution is 0.474. The van der Waals surface area contributed by atoms with Crippen molar-refractivity contribution in [1.82, 2.24) is 0 Å². The van der Waals surface area contributed by atoms with Crippen LogP contribution in [0.2, 0.25) is 0 Å². The molecule has 3 rings (SSSR count). The lowest BCUT2D eigenvalue weighted by Crippen LogP contribution is -2.01. The first-order chi connectivity index (χ1) is 8.40. The van der Waals surface area contributed by atoms with Crippen LogP contribution < -0.4 is 4.74 Å². The lowest BCUT2D eigenvalue weighted by atomic mass is 9.94. The van der Waals surface area contributed by atoms with Crippen molar-refractivity contribution >= 4 is 5.57 Å². The topological polar surface area (TPSA) is 9.23 Å². The molecule has 17 heavy (non-hydrogen) atoms. The molecule has 0 aromatic heterocycles. The van der Waals surface area contributed by atoms with Crippen molar-refractivity contribution < 1.29 is 4.74 Å². The molecule has 0 unspecified atom stereocenters. The summed E-state index contributed by atoms with van der Waals surface area (Å²) in [6.45, 7) is 3.78. The SMILES string of the molecule is C=CC=C1c2ccccc2Oc2ccccc21. The molecule has 1 nitrogen and oxygen atoms in total. The molecule has 0 atom stereocenters. The Morgan fingerprint density at radius 3 is 1.88 bits per heavy atom. The fourth-order valence-electron chi connectivity index (χ4n) is 2.12. The van der Waals surface area contributed by atoms with Gasteiger partial charge in [-0.2, -0.15) is 0 Å². The summed E-state index contributed by atoms with van der Waals surface area (Å²) < 4.78 is 5.88. The fourth-order valence-corrected chi connectivity index (χ4v) is 2.12. The van der Waals surface area contributed by atoms with E-state index in [9.17, 15) is 0 Å². The van der Waals surface area contributed by atoms with Crippen LogP contribution in [-0.2, 0) is 0 Å². The van der Waals surface area contributed by atoms with Crippen LogP contribution in [0.5, 0.6) is 11.5 Å². The van der Waals surface area contributed by atoms with Crippen molar-refractivity contribution in [2.75, 3.05) is 0 Å². The Balaban J connectivity index is 2.28. The molecular weight excluding hydrogens is 208 g/mol. The number of fused-ring (bicyclic) bond motifs is 2. The Kier molecular flexibility index (Phi) is 2.30. The van der Waals surface area contributed by atoms with Crippen molar-refractivity contribution in [2.45, 2.75) is 0 Å². The van der Waals surface area contributed by atoms with Crippen LogP contribution in [-0.4, -0.2) is 0 Å². The van der Waals surface area contributed by atoms with Gasteiger partial charge in [-0.25, -0.2) is 0 Å². The highest BCUT2D eigenvalue weighted by Gasteiger charge is 2.19. The van der Waals surface area contributed by atoms with Gasteiger partial charge in [0.15, 0.2) is 0 Å². The second-order valence-corrected chi connectivity index (χ2v) is 3.91. The van der Waals surface area contributed by atoms with Gasteiger partial charge >= 0.3 is 0 Å². The van der Waals surface area contributed by atoms with E-state index in [2.05, 4.69) is 18.7 Å². The second kappa shape index (κ2) is 3.95. The zero-order chi connectivity index (χ0) is 11.7. The highest BCUT2D eigenvalue weighted by Crippen LogP contribution is 2.42. The molecule has 82 valence electrons. The predicted molar refractivity (Wildman–Crippen MR) is 70.2 cm³/mol. The van der Waals surface area contributed by atoms with Gasteiger partial charge in [0.05, 0.1) is 0 Å². The maximum Gasteiger partial charge on any atom is 0.135 e. The largest absolute Gasteiger partial charge is 0.456 e. The second-order valence-electron chi connectivity index (χ2n) is 3.91. The molecule has 0 aliphatic carbocycles. The lowest BCUT2D eigenvalue weighted by Gasteiger charge is -2.22. The number of hydrogen-bond acceptors (Lipinski definition) is 1. The third-order valence-electron chi connectivity index (χ3n) is 2.86. The van der Waals surface area contributed by atoms with E-state index in [4.69, 9.17) is 4.74 Å². The number of allylic oxidation sites excluding steroid dienone is 2. The minimum atomic E-state index is 0.902. The van der Waals surface area contributed by atoms with Gasteiger partial charge in [-0.3, -0.25) is 0 Å². The van der Waals surface area contributed by atoms with Crippen molar-refractivity contribution in [1.29, 1.82) is 0 Å². The molecule has 1 aliphatic rings. The maximum atomic E-state index is 5.88. The number of hydrogen-bond donors (Lipinski definition) is 0. The Morgan fingerprint density at radius 2 is 1.35 bits per heavy atom. The average Bonchev–Trinajstić information content (AvgIpc) is 2.39. The Labute approximate surface area is 101 Å². The molecule has 0 N–H and O–H groups in total. The summed E-state index contributed by atoms with van der Waals surface area (Å²) in [5, 5.41) is 0. The van der Waals surface area contributed by atoms with Gasteiger partial charge in [-0.05, 0) is 17.7 Å². The average molecular weight is 220 g/mol. The summed E-state index contributed by atoms with van der Waals surface area (Å²) in [7, 11) is 0. The molecule has 0 fully saturated rings. The van der Waals surface area contributed by atoms with Gasteiger partial charge < -0.3 is 4.74 Å². The van der Waals surface area contributed by atoms with E-state index in [1.165, 1.54) is 0 Å². The highest BCUT2D eigenvalue weighted by molar-refractivity contribution is 5.88. The summed E-state index contributed by atoms with van der Waals surface area (Å²) in [6.07, 6.45) is 3.84. The monoisotopic (exact) mass is 220 g/mol. The maximum absolute atomic E-state index is 5.88. The van der Waals surface area contributed by atoms with E-state index in [1.807, 2.05) is 48.6 Å². The summed E-state index contributed by atoms with van der Waals surface area (Å²) in [5.41, 5.74) is 3.40. The molecule has 0 amide bonds. The van der Waals surface area contributed by atoms with E-state index in [0.717, 1.165) is 28.2 Å². The van der Waals surface area contributed by atoms with E-state index in [0.29, 0.717) is 0 Å². The Bertz CT molecular complexity index is 561. The molecule has 0 saturated heterocycles. The van der Waals surface area contributed by atoms with Gasteiger partial charge in [0, 0.05) is 11.1 Å². The van der Waals surface area contributed by atoms with E-state index >= 15 is 0 Å². The normalized spacial score (nSPS) is 12.1. The van der Waals surface area contributed by atoms with Crippen LogP contribution in [0.25, 0.3) is 5.57 Å². The zero-order valence-electron chi connectivity index (χ0n) is 9.39. The molecule has 2 aromatic carbocycles. The third-order valence-corrected chi connectivity index (χ3v) is 2.86.